The van der Waals surface area contributed by atoms with Crippen LogP contribution in [-0.2, 0) is 0 Å². The summed E-state index contributed by atoms with van der Waals surface area (Å²) in [5.74, 6) is 0. The molecule has 8 rings (SSSR count). The highest BCUT2D eigenvalue weighted by Gasteiger charge is 2.20. The fraction of sp³-hybridized carbons (Fsp3) is 0.0476. The lowest BCUT2D eigenvalue weighted by Crippen LogP contribution is -2.01. The molecule has 0 aliphatic heterocycles. The monoisotopic (exact) mass is 590 g/mol. The highest BCUT2D eigenvalue weighted by Crippen LogP contribution is 2.40. The van der Waals surface area contributed by atoms with E-state index in [-0.39, 0.29) is 0 Å². The molecule has 8 aromatic rings. The summed E-state index contributed by atoms with van der Waals surface area (Å²) >= 11 is 0. The second-order valence-corrected chi connectivity index (χ2v) is 11.6. The Balaban J connectivity index is 1.41. The fourth-order valence-corrected chi connectivity index (χ4v) is 6.22. The molecule has 0 N–H and O–H groups in total. The molecule has 0 spiro atoms. The maximum Gasteiger partial charge on any atom is 0.0929 e. The van der Waals surface area contributed by atoms with Gasteiger partial charge in [0.1, 0.15) is 0 Å². The van der Waals surface area contributed by atoms with E-state index in [2.05, 4.69) is 123 Å². The van der Waals surface area contributed by atoms with Crippen LogP contribution in [0.3, 0.4) is 0 Å². The van der Waals surface area contributed by atoms with Gasteiger partial charge in [-0.2, -0.15) is 0 Å². The van der Waals surface area contributed by atoms with Crippen LogP contribution in [0.4, 0.5) is 0 Å². The van der Waals surface area contributed by atoms with Crippen LogP contribution in [0, 0.1) is 13.8 Å². The SMILES string of the molecule is Cc1c(-c2cc(-c3ccccc3)nc(-c3cc4ccccc4cn3)c2C)cc(-c2ccccc2)nc1-c1cc2ccccc2cn1. The summed E-state index contributed by atoms with van der Waals surface area (Å²) in [6.07, 6.45) is 3.88. The van der Waals surface area contributed by atoms with Gasteiger partial charge in [0.15, 0.2) is 0 Å². The Bertz CT molecular complexity index is 2210. The third-order valence-electron chi connectivity index (χ3n) is 8.72. The van der Waals surface area contributed by atoms with Crippen molar-refractivity contribution >= 4 is 21.5 Å². The van der Waals surface area contributed by atoms with Crippen LogP contribution in [-0.4, -0.2) is 19.9 Å². The second kappa shape index (κ2) is 11.5. The van der Waals surface area contributed by atoms with Gasteiger partial charge in [-0.25, -0.2) is 9.97 Å². The molecule has 0 unspecified atom stereocenters. The summed E-state index contributed by atoms with van der Waals surface area (Å²) in [5.41, 5.74) is 11.6. The van der Waals surface area contributed by atoms with Crippen molar-refractivity contribution in [2.75, 3.05) is 0 Å². The van der Waals surface area contributed by atoms with E-state index in [0.717, 1.165) is 89.1 Å². The number of pyridine rings is 4. The van der Waals surface area contributed by atoms with E-state index in [0.29, 0.717) is 0 Å². The van der Waals surface area contributed by atoms with E-state index in [1.807, 2.05) is 36.7 Å². The van der Waals surface area contributed by atoms with Crippen molar-refractivity contribution in [1.29, 1.82) is 0 Å². The first-order chi connectivity index (χ1) is 22.6. The zero-order valence-corrected chi connectivity index (χ0v) is 25.6. The van der Waals surface area contributed by atoms with Gasteiger partial charge >= 0.3 is 0 Å². The zero-order valence-electron chi connectivity index (χ0n) is 25.6. The average Bonchev–Trinajstić information content (AvgIpc) is 3.12. The maximum absolute atomic E-state index is 5.24. The molecule has 218 valence electrons. The summed E-state index contributed by atoms with van der Waals surface area (Å²) < 4.78 is 0. The lowest BCUT2D eigenvalue weighted by atomic mass is 9.91. The molecule has 4 heterocycles. The van der Waals surface area contributed by atoms with E-state index in [1.54, 1.807) is 0 Å². The molecule has 0 aliphatic rings. The minimum Gasteiger partial charge on any atom is -0.254 e. The van der Waals surface area contributed by atoms with Crippen molar-refractivity contribution in [2.45, 2.75) is 13.8 Å². The van der Waals surface area contributed by atoms with Gasteiger partial charge in [0.25, 0.3) is 0 Å². The molecule has 0 bridgehead atoms. The van der Waals surface area contributed by atoms with Crippen molar-refractivity contribution in [1.82, 2.24) is 19.9 Å². The highest BCUT2D eigenvalue weighted by molar-refractivity contribution is 5.90. The van der Waals surface area contributed by atoms with Crippen LogP contribution in [0.15, 0.2) is 146 Å². The van der Waals surface area contributed by atoms with E-state index in [4.69, 9.17) is 19.9 Å². The Morgan fingerprint density at radius 1 is 0.370 bits per heavy atom. The van der Waals surface area contributed by atoms with Crippen LogP contribution in [0.25, 0.3) is 78.0 Å². The molecule has 4 aromatic heterocycles. The summed E-state index contributed by atoms with van der Waals surface area (Å²) in [4.78, 5) is 20.3. The van der Waals surface area contributed by atoms with Crippen LogP contribution >= 0.6 is 0 Å². The van der Waals surface area contributed by atoms with Crippen molar-refractivity contribution in [3.05, 3.63) is 157 Å². The molecule has 0 atom stereocenters. The maximum atomic E-state index is 5.24. The molecule has 4 aromatic carbocycles. The standard InChI is InChI=1S/C42H30N4/c1-27-35(23-37(29-13-5-3-6-14-29)45-41(27)39-21-31-17-9-11-19-33(31)25-43-39)36-24-38(30-15-7-4-8-16-30)46-42(28(36)2)40-22-32-18-10-12-20-34(32)26-44-40/h3-26H,1-2H3. The summed E-state index contributed by atoms with van der Waals surface area (Å²) in [6.45, 7) is 4.30. The minimum absolute atomic E-state index is 0.849. The molecular formula is C42H30N4. The van der Waals surface area contributed by atoms with E-state index in [1.165, 1.54) is 0 Å². The third-order valence-corrected chi connectivity index (χ3v) is 8.72. The lowest BCUT2D eigenvalue weighted by molar-refractivity contribution is 1.20. The number of benzene rings is 4. The number of hydrogen-bond donors (Lipinski definition) is 0. The van der Waals surface area contributed by atoms with Crippen LogP contribution in [0.5, 0.6) is 0 Å². The van der Waals surface area contributed by atoms with Gasteiger partial charge in [-0.05, 0) is 71.1 Å². The molecule has 4 heteroatoms. The van der Waals surface area contributed by atoms with Gasteiger partial charge in [-0.3, -0.25) is 9.97 Å². The van der Waals surface area contributed by atoms with Gasteiger partial charge < -0.3 is 0 Å². The van der Waals surface area contributed by atoms with E-state index < -0.39 is 0 Å². The molecule has 0 saturated heterocycles. The van der Waals surface area contributed by atoms with Crippen LogP contribution < -0.4 is 0 Å². The number of aromatic nitrogens is 4. The first-order valence-corrected chi connectivity index (χ1v) is 15.5. The fourth-order valence-electron chi connectivity index (χ4n) is 6.22. The number of fused-ring (bicyclic) bond motifs is 2. The van der Waals surface area contributed by atoms with Gasteiger partial charge in [-0.15, -0.1) is 0 Å². The third kappa shape index (κ3) is 5.00. The molecule has 0 fully saturated rings. The van der Waals surface area contributed by atoms with Gasteiger partial charge in [0.2, 0.25) is 0 Å². The molecular weight excluding hydrogens is 560 g/mol. The van der Waals surface area contributed by atoms with E-state index in [9.17, 15) is 0 Å². The molecule has 0 amide bonds. The van der Waals surface area contributed by atoms with Gasteiger partial charge in [-0.1, -0.05) is 109 Å². The lowest BCUT2D eigenvalue weighted by Gasteiger charge is -2.19. The van der Waals surface area contributed by atoms with Gasteiger partial charge in [0, 0.05) is 34.3 Å². The molecule has 0 radical (unpaired) electrons. The predicted octanol–water partition coefficient (Wildman–Crippen LogP) is 10.5. The Labute approximate surface area is 268 Å². The summed E-state index contributed by atoms with van der Waals surface area (Å²) in [5, 5.41) is 4.48. The van der Waals surface area contributed by atoms with Gasteiger partial charge in [0.05, 0.1) is 34.2 Å². The zero-order chi connectivity index (χ0) is 31.0. The quantitative estimate of drug-likeness (QED) is 0.200. The topological polar surface area (TPSA) is 51.6 Å². The summed E-state index contributed by atoms with van der Waals surface area (Å²) in [7, 11) is 0. The van der Waals surface area contributed by atoms with Crippen molar-refractivity contribution in [2.24, 2.45) is 0 Å². The number of nitrogens with zero attached hydrogens (tertiary/aromatic N) is 4. The first kappa shape index (κ1) is 27.5. The van der Waals surface area contributed by atoms with E-state index >= 15 is 0 Å². The smallest absolute Gasteiger partial charge is 0.0929 e. The predicted molar refractivity (Wildman–Crippen MR) is 189 cm³/mol. The molecule has 0 saturated carbocycles. The molecule has 0 aliphatic carbocycles. The highest BCUT2D eigenvalue weighted by atomic mass is 14.8. The Hall–Kier alpha value is -6.00. The van der Waals surface area contributed by atoms with Crippen molar-refractivity contribution in [3.63, 3.8) is 0 Å². The van der Waals surface area contributed by atoms with Crippen LogP contribution in [0.2, 0.25) is 0 Å². The molecule has 4 nitrogen and oxygen atoms in total. The Morgan fingerprint density at radius 2 is 0.739 bits per heavy atom. The average molecular weight is 591 g/mol. The Morgan fingerprint density at radius 3 is 1.15 bits per heavy atom. The van der Waals surface area contributed by atoms with Crippen LogP contribution in [0.1, 0.15) is 11.1 Å². The summed E-state index contributed by atoms with van der Waals surface area (Å²) in [6, 6.07) is 46.1. The largest absolute Gasteiger partial charge is 0.254 e. The number of rotatable bonds is 5. The first-order valence-electron chi connectivity index (χ1n) is 15.5. The number of hydrogen-bond acceptors (Lipinski definition) is 4. The second-order valence-electron chi connectivity index (χ2n) is 11.6. The molecule has 46 heavy (non-hydrogen) atoms. The van der Waals surface area contributed by atoms with Crippen molar-refractivity contribution in [3.8, 4) is 56.4 Å². The normalized spacial score (nSPS) is 11.3. The Kier molecular flexibility index (Phi) is 6.88. The minimum atomic E-state index is 0.849. The van der Waals surface area contributed by atoms with Crippen molar-refractivity contribution < 1.29 is 0 Å².